The number of hydrogen-bond donors (Lipinski definition) is 2. The molecule has 1 atom stereocenters. The van der Waals surface area contributed by atoms with Crippen LogP contribution < -0.4 is 15.4 Å². The molecule has 0 radical (unpaired) electrons. The zero-order valence-corrected chi connectivity index (χ0v) is 19.2. The lowest BCUT2D eigenvalue weighted by Gasteiger charge is -2.26. The molecule has 170 valence electrons. The summed E-state index contributed by atoms with van der Waals surface area (Å²) in [5.41, 5.74) is 1.12. The van der Waals surface area contributed by atoms with Crippen molar-refractivity contribution in [1.82, 2.24) is 15.5 Å². The zero-order valence-electron chi connectivity index (χ0n) is 19.2. The largest absolute Gasteiger partial charge is 0.492 e. The van der Waals surface area contributed by atoms with E-state index in [4.69, 9.17) is 14.2 Å². The minimum Gasteiger partial charge on any atom is -0.492 e. The molecule has 0 bridgehead atoms. The van der Waals surface area contributed by atoms with Crippen molar-refractivity contribution in [2.45, 2.75) is 39.8 Å². The third-order valence-corrected chi connectivity index (χ3v) is 5.26. The fourth-order valence-corrected chi connectivity index (χ4v) is 3.46. The van der Waals surface area contributed by atoms with Crippen LogP contribution >= 0.6 is 0 Å². The van der Waals surface area contributed by atoms with Gasteiger partial charge in [-0.05, 0) is 25.3 Å². The number of nitrogens with one attached hydrogen (secondary N) is 2. The van der Waals surface area contributed by atoms with E-state index in [1.54, 1.807) is 7.05 Å². The van der Waals surface area contributed by atoms with Gasteiger partial charge in [0.25, 0.3) is 0 Å². The van der Waals surface area contributed by atoms with Crippen LogP contribution in [0.2, 0.25) is 0 Å². The first-order valence-electron chi connectivity index (χ1n) is 11.2. The Hall–Kier alpha value is -1.83. The Kier molecular flexibility index (Phi) is 11.6. The fourth-order valence-electron chi connectivity index (χ4n) is 3.46. The second kappa shape index (κ2) is 14.2. The quantitative estimate of drug-likeness (QED) is 0.400. The average molecular weight is 421 g/mol. The lowest BCUT2D eigenvalue weighted by molar-refractivity contribution is 0.0258. The summed E-state index contributed by atoms with van der Waals surface area (Å²) < 4.78 is 17.3. The molecular formula is C23H40N4O3. The van der Waals surface area contributed by atoms with Gasteiger partial charge in [0.1, 0.15) is 12.4 Å². The molecule has 0 spiro atoms. The number of morpholine rings is 1. The number of guanidine groups is 1. The predicted molar refractivity (Wildman–Crippen MR) is 122 cm³/mol. The first-order chi connectivity index (χ1) is 14.6. The van der Waals surface area contributed by atoms with Crippen LogP contribution in [0, 0.1) is 5.92 Å². The SMILES string of the molecule is CCOC(CCNC(=NC)NCc1ccccc1OCCN1CCOCC1)C(C)C. The van der Waals surface area contributed by atoms with Crippen molar-refractivity contribution in [2.75, 3.05) is 59.7 Å². The van der Waals surface area contributed by atoms with Gasteiger partial charge in [0.2, 0.25) is 0 Å². The van der Waals surface area contributed by atoms with Crippen LogP contribution in [0.1, 0.15) is 32.8 Å². The van der Waals surface area contributed by atoms with Crippen LogP contribution in [0.15, 0.2) is 29.3 Å². The summed E-state index contributed by atoms with van der Waals surface area (Å²) in [6.07, 6.45) is 1.22. The second-order valence-electron chi connectivity index (χ2n) is 7.79. The molecule has 1 aliphatic heterocycles. The summed E-state index contributed by atoms with van der Waals surface area (Å²) in [6, 6.07) is 8.17. The lowest BCUT2D eigenvalue weighted by Crippen LogP contribution is -2.39. The molecule has 7 heteroatoms. The number of hydrogen-bond acceptors (Lipinski definition) is 5. The van der Waals surface area contributed by atoms with Crippen LogP contribution in [0.5, 0.6) is 5.75 Å². The van der Waals surface area contributed by atoms with Crippen LogP contribution in [0.25, 0.3) is 0 Å². The Morgan fingerprint density at radius 3 is 2.67 bits per heavy atom. The molecule has 1 aromatic rings. The molecular weight excluding hydrogens is 380 g/mol. The monoisotopic (exact) mass is 420 g/mol. The highest BCUT2D eigenvalue weighted by atomic mass is 16.5. The van der Waals surface area contributed by atoms with E-state index < -0.39 is 0 Å². The summed E-state index contributed by atoms with van der Waals surface area (Å²) >= 11 is 0. The molecule has 1 heterocycles. The van der Waals surface area contributed by atoms with Gasteiger partial charge in [-0.25, -0.2) is 0 Å². The van der Waals surface area contributed by atoms with Crippen molar-refractivity contribution in [3.63, 3.8) is 0 Å². The Balaban J connectivity index is 1.76. The molecule has 0 aromatic heterocycles. The molecule has 2 N–H and O–H groups in total. The summed E-state index contributed by atoms with van der Waals surface area (Å²) in [7, 11) is 1.79. The molecule has 2 rings (SSSR count). The number of para-hydroxylation sites is 1. The van der Waals surface area contributed by atoms with Gasteiger partial charge in [0.15, 0.2) is 5.96 Å². The van der Waals surface area contributed by atoms with Crippen LogP contribution in [0.4, 0.5) is 0 Å². The van der Waals surface area contributed by atoms with Crippen molar-refractivity contribution in [2.24, 2.45) is 10.9 Å². The number of nitrogens with zero attached hydrogens (tertiary/aromatic N) is 2. The Bertz CT molecular complexity index is 618. The van der Waals surface area contributed by atoms with Crippen molar-refractivity contribution < 1.29 is 14.2 Å². The molecule has 7 nitrogen and oxygen atoms in total. The highest BCUT2D eigenvalue weighted by molar-refractivity contribution is 5.79. The minimum atomic E-state index is 0.265. The van der Waals surface area contributed by atoms with Crippen molar-refractivity contribution in [1.29, 1.82) is 0 Å². The van der Waals surface area contributed by atoms with E-state index in [2.05, 4.69) is 40.4 Å². The van der Waals surface area contributed by atoms with Gasteiger partial charge in [0.05, 0.1) is 19.3 Å². The van der Waals surface area contributed by atoms with E-state index in [9.17, 15) is 0 Å². The number of aliphatic imine (C=N–C) groups is 1. The molecule has 0 amide bonds. The first kappa shape index (κ1) is 24.4. The molecule has 1 saturated heterocycles. The topological polar surface area (TPSA) is 67.3 Å². The van der Waals surface area contributed by atoms with Crippen molar-refractivity contribution >= 4 is 5.96 Å². The summed E-state index contributed by atoms with van der Waals surface area (Å²) in [6.45, 7) is 13.9. The van der Waals surface area contributed by atoms with Gasteiger partial charge in [-0.2, -0.15) is 0 Å². The average Bonchev–Trinajstić information content (AvgIpc) is 2.76. The Morgan fingerprint density at radius 1 is 1.20 bits per heavy atom. The minimum absolute atomic E-state index is 0.265. The van der Waals surface area contributed by atoms with Gasteiger partial charge < -0.3 is 24.8 Å². The molecule has 1 fully saturated rings. The van der Waals surface area contributed by atoms with E-state index in [0.717, 1.165) is 69.7 Å². The molecule has 1 unspecified atom stereocenters. The smallest absolute Gasteiger partial charge is 0.191 e. The van der Waals surface area contributed by atoms with E-state index in [0.29, 0.717) is 19.1 Å². The molecule has 0 saturated carbocycles. The molecule has 0 aliphatic carbocycles. The van der Waals surface area contributed by atoms with E-state index in [1.807, 2.05) is 25.1 Å². The predicted octanol–water partition coefficient (Wildman–Crippen LogP) is 2.51. The number of benzene rings is 1. The van der Waals surface area contributed by atoms with Crippen LogP contribution in [-0.4, -0.2) is 76.6 Å². The Morgan fingerprint density at radius 2 is 1.97 bits per heavy atom. The van der Waals surface area contributed by atoms with Crippen LogP contribution in [0.3, 0.4) is 0 Å². The molecule has 30 heavy (non-hydrogen) atoms. The van der Waals surface area contributed by atoms with Gasteiger partial charge in [-0.1, -0.05) is 32.0 Å². The van der Waals surface area contributed by atoms with Crippen molar-refractivity contribution in [3.8, 4) is 5.75 Å². The van der Waals surface area contributed by atoms with Gasteiger partial charge in [-0.3, -0.25) is 9.89 Å². The van der Waals surface area contributed by atoms with Gasteiger partial charge in [0, 0.05) is 51.9 Å². The first-order valence-corrected chi connectivity index (χ1v) is 11.2. The third kappa shape index (κ3) is 8.90. The van der Waals surface area contributed by atoms with E-state index in [-0.39, 0.29) is 6.10 Å². The maximum atomic E-state index is 6.07. The summed E-state index contributed by atoms with van der Waals surface area (Å²) in [4.78, 5) is 6.72. The van der Waals surface area contributed by atoms with Gasteiger partial charge in [-0.15, -0.1) is 0 Å². The molecule has 1 aromatic carbocycles. The zero-order chi connectivity index (χ0) is 21.6. The highest BCUT2D eigenvalue weighted by Crippen LogP contribution is 2.17. The Labute approximate surface area is 182 Å². The number of ether oxygens (including phenoxy) is 3. The van der Waals surface area contributed by atoms with Crippen molar-refractivity contribution in [3.05, 3.63) is 29.8 Å². The standard InChI is InChI=1S/C23H40N4O3/c1-5-29-21(19(2)3)10-11-25-23(24-4)26-18-20-8-6-7-9-22(20)30-17-14-27-12-15-28-16-13-27/h6-9,19,21H,5,10-18H2,1-4H3,(H2,24,25,26). The summed E-state index contributed by atoms with van der Waals surface area (Å²) in [5.74, 6) is 2.21. The fraction of sp³-hybridized carbons (Fsp3) is 0.696. The van der Waals surface area contributed by atoms with E-state index in [1.165, 1.54) is 0 Å². The second-order valence-corrected chi connectivity index (χ2v) is 7.79. The number of rotatable bonds is 12. The molecule has 1 aliphatic rings. The maximum absolute atomic E-state index is 6.07. The maximum Gasteiger partial charge on any atom is 0.191 e. The normalized spacial score (nSPS) is 16.5. The summed E-state index contributed by atoms with van der Waals surface area (Å²) in [5, 5.41) is 6.78. The third-order valence-electron chi connectivity index (χ3n) is 5.26. The van der Waals surface area contributed by atoms with Gasteiger partial charge >= 0.3 is 0 Å². The van der Waals surface area contributed by atoms with E-state index >= 15 is 0 Å². The lowest BCUT2D eigenvalue weighted by atomic mass is 10.0. The highest BCUT2D eigenvalue weighted by Gasteiger charge is 2.13. The van der Waals surface area contributed by atoms with Crippen LogP contribution in [-0.2, 0) is 16.0 Å².